The number of carbonyl (C=O) groups excluding carboxylic acids is 1. The Morgan fingerprint density at radius 3 is 2.30 bits per heavy atom. The Morgan fingerprint density at radius 2 is 1.59 bits per heavy atom. The molecule has 2 fully saturated rings. The van der Waals surface area contributed by atoms with Gasteiger partial charge >= 0.3 is 6.09 Å². The molecule has 13 heteroatoms. The number of hydrogen-bond acceptors (Lipinski definition) is 12. The van der Waals surface area contributed by atoms with E-state index in [1.165, 1.54) is 44.9 Å². The van der Waals surface area contributed by atoms with E-state index in [9.17, 15) is 10.2 Å². The first-order valence-corrected chi connectivity index (χ1v) is 26.5. The predicted octanol–water partition coefficient (Wildman–Crippen LogP) is 11.1. The average Bonchev–Trinajstić information content (AvgIpc) is 4.05. The fourth-order valence-electron chi connectivity index (χ4n) is 10.9. The number of fused-ring (bicyclic) bond motifs is 3. The van der Waals surface area contributed by atoms with Gasteiger partial charge in [-0.05, 0) is 106 Å². The number of unbranched alkanes of at least 4 members (excludes halogenated alkanes) is 11. The van der Waals surface area contributed by atoms with E-state index in [4.69, 9.17) is 38.4 Å². The van der Waals surface area contributed by atoms with Crippen molar-refractivity contribution in [2.24, 2.45) is 22.9 Å². The van der Waals surface area contributed by atoms with E-state index >= 15 is 4.79 Å². The Kier molecular flexibility index (Phi) is 19.6. The van der Waals surface area contributed by atoms with Crippen LogP contribution < -0.4 is 18.9 Å². The molecule has 382 valence electrons. The summed E-state index contributed by atoms with van der Waals surface area (Å²) in [6.07, 6.45) is 20.4. The molecule has 1 amide bonds. The molecule has 0 bridgehead atoms. The molecule has 0 aromatic heterocycles. The van der Waals surface area contributed by atoms with Crippen molar-refractivity contribution in [3.8, 4) is 23.0 Å². The van der Waals surface area contributed by atoms with Crippen LogP contribution in [0.3, 0.4) is 0 Å². The van der Waals surface area contributed by atoms with Crippen LogP contribution in [0.4, 0.5) is 4.79 Å². The molecule has 0 spiro atoms. The first kappa shape index (κ1) is 52.5. The highest BCUT2D eigenvalue weighted by atomic mass is 16.7. The maximum atomic E-state index is 15.1. The number of aliphatic hydroxyl groups is 2. The summed E-state index contributed by atoms with van der Waals surface area (Å²) in [5.41, 5.74) is 2.98. The second kappa shape index (κ2) is 25.7. The van der Waals surface area contributed by atoms with Gasteiger partial charge in [0.1, 0.15) is 29.7 Å². The van der Waals surface area contributed by atoms with Crippen LogP contribution in [0.25, 0.3) is 0 Å². The highest BCUT2D eigenvalue weighted by Crippen LogP contribution is 2.62. The third-order valence-corrected chi connectivity index (χ3v) is 14.4. The monoisotopic (exact) mass is 958 g/mol. The van der Waals surface area contributed by atoms with E-state index in [-0.39, 0.29) is 63.9 Å². The zero-order valence-electron chi connectivity index (χ0n) is 42.3. The van der Waals surface area contributed by atoms with Crippen LogP contribution in [0.5, 0.6) is 23.0 Å². The first-order chi connectivity index (χ1) is 33.6. The molecule has 0 radical (unpaired) electrons. The van der Waals surface area contributed by atoms with Gasteiger partial charge in [-0.3, -0.25) is 9.80 Å². The SMILES string of the molecule is C=CCO[C@@]12Oc3ccc(OCCN4CC4)cc3[C@H]3[C@H](CCCCO)[C@@H](CCCCO)C=C(C(=NOC(C)(C)C)C[C@@H]1N(Cc1ccc4c(c1)OCO4)C(=O)OCCCCCCCCCCCC)[C@H]32. The zero-order valence-corrected chi connectivity index (χ0v) is 42.3. The summed E-state index contributed by atoms with van der Waals surface area (Å²) in [6.45, 7) is 16.9. The molecule has 69 heavy (non-hydrogen) atoms. The summed E-state index contributed by atoms with van der Waals surface area (Å²) in [7, 11) is 0. The summed E-state index contributed by atoms with van der Waals surface area (Å²) in [5, 5.41) is 25.1. The van der Waals surface area contributed by atoms with Gasteiger partial charge in [-0.2, -0.15) is 0 Å². The average molecular weight is 958 g/mol. The molecule has 2 N–H and O–H groups in total. The molecule has 1 saturated heterocycles. The van der Waals surface area contributed by atoms with Crippen LogP contribution in [0.1, 0.15) is 154 Å². The number of oxime groups is 1. The smallest absolute Gasteiger partial charge is 0.410 e. The number of allylic oxidation sites excluding steroid dienone is 1. The van der Waals surface area contributed by atoms with Crippen molar-refractivity contribution in [3.05, 3.63) is 71.8 Å². The number of nitrogens with zero attached hydrogens (tertiary/aromatic N) is 3. The van der Waals surface area contributed by atoms with Crippen molar-refractivity contribution in [2.75, 3.05) is 59.5 Å². The lowest BCUT2D eigenvalue weighted by Gasteiger charge is -2.60. The number of aliphatic hydroxyl groups excluding tert-OH is 2. The largest absolute Gasteiger partial charge is 0.492 e. The Balaban J connectivity index is 1.31. The second-order valence-electron chi connectivity index (χ2n) is 20.8. The van der Waals surface area contributed by atoms with Gasteiger partial charge in [0.25, 0.3) is 0 Å². The molecule has 0 unspecified atom stereocenters. The topological polar surface area (TPSA) is 141 Å². The molecular weight excluding hydrogens is 875 g/mol. The molecule has 2 aromatic rings. The third kappa shape index (κ3) is 14.0. The Morgan fingerprint density at radius 1 is 0.884 bits per heavy atom. The lowest BCUT2D eigenvalue weighted by atomic mass is 9.55. The number of carbonyl (C=O) groups is 1. The zero-order chi connectivity index (χ0) is 48.6. The van der Waals surface area contributed by atoms with Crippen molar-refractivity contribution < 1.29 is 48.3 Å². The van der Waals surface area contributed by atoms with Crippen LogP contribution in [0, 0.1) is 17.8 Å². The summed E-state index contributed by atoms with van der Waals surface area (Å²) >= 11 is 0. The molecule has 2 aliphatic carbocycles. The summed E-state index contributed by atoms with van der Waals surface area (Å²) in [4.78, 5) is 25.6. The minimum atomic E-state index is -1.43. The van der Waals surface area contributed by atoms with Gasteiger partial charge in [-0.1, -0.05) is 101 Å². The Bertz CT molecular complexity index is 2010. The van der Waals surface area contributed by atoms with Crippen LogP contribution in [-0.2, 0) is 20.9 Å². The van der Waals surface area contributed by atoms with Gasteiger partial charge in [0.2, 0.25) is 12.6 Å². The number of ether oxygens (including phenoxy) is 6. The quantitative estimate of drug-likeness (QED) is 0.0335. The summed E-state index contributed by atoms with van der Waals surface area (Å²) in [6, 6.07) is 11.2. The van der Waals surface area contributed by atoms with E-state index in [2.05, 4.69) is 30.5 Å². The Hall–Kier alpha value is -4.30. The summed E-state index contributed by atoms with van der Waals surface area (Å²) < 4.78 is 39.0. The fourth-order valence-corrected chi connectivity index (χ4v) is 10.9. The molecule has 3 heterocycles. The van der Waals surface area contributed by atoms with E-state index < -0.39 is 29.4 Å². The maximum absolute atomic E-state index is 15.1. The van der Waals surface area contributed by atoms with Gasteiger partial charge in [0.15, 0.2) is 11.5 Å². The maximum Gasteiger partial charge on any atom is 0.410 e. The molecule has 3 aliphatic heterocycles. The lowest BCUT2D eigenvalue weighted by molar-refractivity contribution is -0.256. The van der Waals surface area contributed by atoms with Crippen molar-refractivity contribution in [3.63, 3.8) is 0 Å². The summed E-state index contributed by atoms with van der Waals surface area (Å²) in [5.74, 6) is 0.862. The highest BCUT2D eigenvalue weighted by molar-refractivity contribution is 6.03. The molecule has 7 rings (SSSR count). The molecule has 5 aliphatic rings. The molecule has 13 nitrogen and oxygen atoms in total. The van der Waals surface area contributed by atoms with Crippen LogP contribution in [0.2, 0.25) is 0 Å². The third-order valence-electron chi connectivity index (χ3n) is 14.4. The fraction of sp³-hybridized carbons (Fsp3) is 0.679. The molecule has 6 atom stereocenters. The number of amides is 1. The Labute approximate surface area is 412 Å². The van der Waals surface area contributed by atoms with Gasteiger partial charge in [0, 0.05) is 57.3 Å². The number of benzene rings is 2. The molecule has 2 aromatic carbocycles. The first-order valence-electron chi connectivity index (χ1n) is 26.5. The van der Waals surface area contributed by atoms with Gasteiger partial charge in [-0.15, -0.1) is 6.58 Å². The van der Waals surface area contributed by atoms with Crippen molar-refractivity contribution in [1.82, 2.24) is 9.80 Å². The van der Waals surface area contributed by atoms with Crippen LogP contribution in [0.15, 0.2) is 65.9 Å². The van der Waals surface area contributed by atoms with Crippen molar-refractivity contribution in [1.29, 1.82) is 0 Å². The molecular formula is C56H83N3O10. The lowest BCUT2D eigenvalue weighted by Crippen LogP contribution is -2.70. The van der Waals surface area contributed by atoms with Crippen molar-refractivity contribution in [2.45, 2.75) is 167 Å². The second-order valence-corrected chi connectivity index (χ2v) is 20.8. The van der Waals surface area contributed by atoms with Crippen molar-refractivity contribution >= 4 is 11.8 Å². The molecule has 1 saturated carbocycles. The van der Waals surface area contributed by atoms with E-state index in [0.717, 1.165) is 92.7 Å². The van der Waals surface area contributed by atoms with Gasteiger partial charge in [-0.25, -0.2) is 4.79 Å². The van der Waals surface area contributed by atoms with E-state index in [1.807, 2.05) is 51.1 Å². The normalized spacial score (nSPS) is 23.9. The van der Waals surface area contributed by atoms with Gasteiger partial charge in [0.05, 0.1) is 24.8 Å². The van der Waals surface area contributed by atoms with E-state index in [1.54, 1.807) is 11.0 Å². The minimum Gasteiger partial charge on any atom is -0.492 e. The number of hydrogen-bond donors (Lipinski definition) is 2. The van der Waals surface area contributed by atoms with Gasteiger partial charge < -0.3 is 43.5 Å². The minimum absolute atomic E-state index is 0.0836. The van der Waals surface area contributed by atoms with E-state index in [0.29, 0.717) is 36.7 Å². The van der Waals surface area contributed by atoms with Crippen LogP contribution in [-0.4, -0.2) is 109 Å². The standard InChI is InChI=1S/C56H83N3O10/c1-6-8-9-10-11-12-13-14-15-20-33-64-54(62)59(39-41-23-25-49-50(35-41)66-40-65-49)51-38-47(57-69-55(3,4)5)45-36-42(21-16-18-30-60)44(22-17-19-31-61)52-46-37-43(63-34-29-58-27-28-58)24-26-48(46)68-56(51,53(45)52)67-32-7-2/h7,23-26,35-37,42,44,51-53,60-61H,2,6,8-22,27-34,38-40H2,1,3-5H3/t42-,44+,51-,52+,53+,56+/m0/s1. The van der Waals surface area contributed by atoms with Crippen LogP contribution >= 0.6 is 0 Å². The number of rotatable bonds is 30. The predicted molar refractivity (Wildman–Crippen MR) is 269 cm³/mol. The highest BCUT2D eigenvalue weighted by Gasteiger charge is 2.66.